The SMILES string of the molecule is Cc1ccc(CN2CCC(Cn3cc(COCC4CC4)nn3)C2)o1. The fourth-order valence-electron chi connectivity index (χ4n) is 3.37. The van der Waals surface area contributed by atoms with Crippen LogP contribution in [0.5, 0.6) is 0 Å². The van der Waals surface area contributed by atoms with E-state index in [-0.39, 0.29) is 0 Å². The molecule has 2 fully saturated rings. The second kappa shape index (κ2) is 7.07. The van der Waals surface area contributed by atoms with Crippen molar-refractivity contribution in [3.05, 3.63) is 35.5 Å². The minimum atomic E-state index is 0.588. The van der Waals surface area contributed by atoms with Gasteiger partial charge in [-0.3, -0.25) is 9.58 Å². The predicted molar refractivity (Wildman–Crippen MR) is 89.2 cm³/mol. The fraction of sp³-hybridized carbons (Fsp3) is 0.667. The Hall–Kier alpha value is -1.66. The van der Waals surface area contributed by atoms with Crippen molar-refractivity contribution >= 4 is 0 Å². The number of hydrogen-bond acceptors (Lipinski definition) is 5. The quantitative estimate of drug-likeness (QED) is 0.745. The molecular weight excluding hydrogens is 304 g/mol. The van der Waals surface area contributed by atoms with Gasteiger partial charge in [-0.1, -0.05) is 5.21 Å². The van der Waals surface area contributed by atoms with Gasteiger partial charge in [0.25, 0.3) is 0 Å². The summed E-state index contributed by atoms with van der Waals surface area (Å²) in [5.74, 6) is 3.47. The second-order valence-corrected chi connectivity index (χ2v) is 7.29. The molecule has 1 saturated carbocycles. The molecule has 0 spiro atoms. The summed E-state index contributed by atoms with van der Waals surface area (Å²) in [7, 11) is 0. The van der Waals surface area contributed by atoms with Crippen LogP contribution in [0.15, 0.2) is 22.7 Å². The van der Waals surface area contributed by atoms with Crippen molar-refractivity contribution in [1.29, 1.82) is 0 Å². The standard InChI is InChI=1S/C18H26N4O2/c1-14-2-5-18(24-14)11-21-7-6-16(8-21)9-22-10-17(19-20-22)13-23-12-15-3-4-15/h2,5,10,15-16H,3-4,6-9,11-13H2,1H3. The molecule has 2 aromatic heterocycles. The summed E-state index contributed by atoms with van der Waals surface area (Å²) in [5, 5.41) is 8.48. The maximum absolute atomic E-state index is 5.68. The van der Waals surface area contributed by atoms with Gasteiger partial charge in [-0.25, -0.2) is 0 Å². The van der Waals surface area contributed by atoms with Crippen LogP contribution in [0.1, 0.15) is 36.5 Å². The molecule has 3 heterocycles. The van der Waals surface area contributed by atoms with Crippen LogP contribution >= 0.6 is 0 Å². The number of rotatable bonds is 8. The van der Waals surface area contributed by atoms with Crippen LogP contribution < -0.4 is 0 Å². The van der Waals surface area contributed by atoms with E-state index in [9.17, 15) is 0 Å². The molecule has 0 bridgehead atoms. The van der Waals surface area contributed by atoms with Crippen molar-refractivity contribution < 1.29 is 9.15 Å². The van der Waals surface area contributed by atoms with Crippen molar-refractivity contribution in [3.63, 3.8) is 0 Å². The van der Waals surface area contributed by atoms with Gasteiger partial charge >= 0.3 is 0 Å². The van der Waals surface area contributed by atoms with Crippen molar-refractivity contribution in [1.82, 2.24) is 19.9 Å². The van der Waals surface area contributed by atoms with Crippen LogP contribution in [-0.2, 0) is 24.4 Å². The van der Waals surface area contributed by atoms with E-state index < -0.39 is 0 Å². The molecule has 2 aliphatic rings. The van der Waals surface area contributed by atoms with Gasteiger partial charge in [0.15, 0.2) is 0 Å². The van der Waals surface area contributed by atoms with Crippen LogP contribution in [-0.4, -0.2) is 39.6 Å². The lowest BCUT2D eigenvalue weighted by atomic mass is 10.1. The van der Waals surface area contributed by atoms with E-state index in [1.807, 2.05) is 23.9 Å². The molecule has 0 N–H and O–H groups in total. The van der Waals surface area contributed by atoms with Gasteiger partial charge < -0.3 is 9.15 Å². The topological polar surface area (TPSA) is 56.3 Å². The number of furan rings is 1. The lowest BCUT2D eigenvalue weighted by Crippen LogP contribution is -2.21. The molecule has 4 rings (SSSR count). The lowest BCUT2D eigenvalue weighted by molar-refractivity contribution is 0.108. The van der Waals surface area contributed by atoms with Gasteiger partial charge in [-0.05, 0) is 56.7 Å². The van der Waals surface area contributed by atoms with E-state index >= 15 is 0 Å². The molecule has 130 valence electrons. The first kappa shape index (κ1) is 15.8. The Bertz CT molecular complexity index is 662. The molecule has 1 saturated heterocycles. The molecule has 1 unspecified atom stereocenters. The molecule has 0 aromatic carbocycles. The zero-order valence-electron chi connectivity index (χ0n) is 14.4. The first-order chi connectivity index (χ1) is 11.7. The monoisotopic (exact) mass is 330 g/mol. The summed E-state index contributed by atoms with van der Waals surface area (Å²) in [6.45, 7) is 7.50. The summed E-state index contributed by atoms with van der Waals surface area (Å²) < 4.78 is 13.3. The van der Waals surface area contributed by atoms with Gasteiger partial charge in [-0.15, -0.1) is 5.10 Å². The van der Waals surface area contributed by atoms with Gasteiger partial charge in [0.1, 0.15) is 17.2 Å². The van der Waals surface area contributed by atoms with Crippen LogP contribution in [0.25, 0.3) is 0 Å². The summed E-state index contributed by atoms with van der Waals surface area (Å²) in [5.41, 5.74) is 0.941. The molecule has 6 heteroatoms. The molecular formula is C18H26N4O2. The number of hydrogen-bond donors (Lipinski definition) is 0. The van der Waals surface area contributed by atoms with Gasteiger partial charge in [-0.2, -0.15) is 0 Å². The summed E-state index contributed by atoms with van der Waals surface area (Å²) in [4.78, 5) is 2.46. The smallest absolute Gasteiger partial charge is 0.118 e. The molecule has 2 aromatic rings. The Balaban J connectivity index is 1.21. The number of aromatic nitrogens is 3. The predicted octanol–water partition coefficient (Wildman–Crippen LogP) is 2.63. The highest BCUT2D eigenvalue weighted by molar-refractivity contribution is 5.05. The van der Waals surface area contributed by atoms with Crippen LogP contribution in [0, 0.1) is 18.8 Å². The number of ether oxygens (including phenoxy) is 1. The minimum absolute atomic E-state index is 0.588. The average Bonchev–Trinajstić information content (AvgIpc) is 2.93. The number of nitrogens with zero attached hydrogens (tertiary/aromatic N) is 4. The first-order valence-electron chi connectivity index (χ1n) is 8.99. The summed E-state index contributed by atoms with van der Waals surface area (Å²) in [6, 6.07) is 4.11. The zero-order chi connectivity index (χ0) is 16.4. The first-order valence-corrected chi connectivity index (χ1v) is 8.99. The average molecular weight is 330 g/mol. The molecule has 24 heavy (non-hydrogen) atoms. The highest BCUT2D eigenvalue weighted by Gasteiger charge is 2.24. The van der Waals surface area contributed by atoms with E-state index in [1.54, 1.807) is 0 Å². The van der Waals surface area contributed by atoms with Crippen molar-refractivity contribution in [2.24, 2.45) is 11.8 Å². The van der Waals surface area contributed by atoms with E-state index in [0.717, 1.165) is 55.9 Å². The highest BCUT2D eigenvalue weighted by Crippen LogP contribution is 2.29. The normalized spacial score (nSPS) is 21.6. The van der Waals surface area contributed by atoms with Crippen LogP contribution in [0.2, 0.25) is 0 Å². The lowest BCUT2D eigenvalue weighted by Gasteiger charge is -2.14. The van der Waals surface area contributed by atoms with E-state index in [2.05, 4.69) is 21.3 Å². The Morgan fingerprint density at radius 2 is 2.17 bits per heavy atom. The fourth-order valence-corrected chi connectivity index (χ4v) is 3.37. The van der Waals surface area contributed by atoms with E-state index in [1.165, 1.54) is 19.3 Å². The minimum Gasteiger partial charge on any atom is -0.465 e. The van der Waals surface area contributed by atoms with Gasteiger partial charge in [0, 0.05) is 19.7 Å². The summed E-state index contributed by atoms with van der Waals surface area (Å²) in [6.07, 6.45) is 5.88. The molecule has 6 nitrogen and oxygen atoms in total. The van der Waals surface area contributed by atoms with E-state index in [0.29, 0.717) is 12.5 Å². The Labute approximate surface area is 142 Å². The third-order valence-corrected chi connectivity index (χ3v) is 4.88. The van der Waals surface area contributed by atoms with Crippen molar-refractivity contribution in [2.45, 2.75) is 45.9 Å². The Kier molecular flexibility index (Phi) is 4.67. The zero-order valence-corrected chi connectivity index (χ0v) is 14.4. The van der Waals surface area contributed by atoms with E-state index in [4.69, 9.17) is 9.15 Å². The Morgan fingerprint density at radius 1 is 1.25 bits per heavy atom. The Morgan fingerprint density at radius 3 is 2.96 bits per heavy atom. The molecule has 1 aliphatic carbocycles. The largest absolute Gasteiger partial charge is 0.465 e. The number of likely N-dealkylation sites (tertiary alicyclic amines) is 1. The highest BCUT2D eigenvalue weighted by atomic mass is 16.5. The van der Waals surface area contributed by atoms with Crippen LogP contribution in [0.4, 0.5) is 0 Å². The molecule has 0 radical (unpaired) electrons. The maximum Gasteiger partial charge on any atom is 0.118 e. The van der Waals surface area contributed by atoms with Gasteiger partial charge in [0.05, 0.1) is 19.3 Å². The second-order valence-electron chi connectivity index (χ2n) is 7.29. The van der Waals surface area contributed by atoms with Crippen molar-refractivity contribution in [3.8, 4) is 0 Å². The maximum atomic E-state index is 5.68. The molecule has 0 amide bonds. The third-order valence-electron chi connectivity index (χ3n) is 4.88. The van der Waals surface area contributed by atoms with Crippen LogP contribution in [0.3, 0.4) is 0 Å². The third kappa shape index (κ3) is 4.24. The van der Waals surface area contributed by atoms with Crippen molar-refractivity contribution in [2.75, 3.05) is 19.7 Å². The molecule has 1 aliphatic heterocycles. The van der Waals surface area contributed by atoms with Gasteiger partial charge in [0.2, 0.25) is 0 Å². The summed E-state index contributed by atoms with van der Waals surface area (Å²) >= 11 is 0. The molecule has 1 atom stereocenters. The number of aryl methyl sites for hydroxylation is 1.